The molecule has 0 aromatic heterocycles. The molecule has 27 heavy (non-hydrogen) atoms. The van der Waals surface area contributed by atoms with Gasteiger partial charge in [-0.1, -0.05) is 30.3 Å². The second-order valence-electron chi connectivity index (χ2n) is 5.67. The summed E-state index contributed by atoms with van der Waals surface area (Å²) in [7, 11) is 0. The number of benzene rings is 1. The van der Waals surface area contributed by atoms with E-state index < -0.39 is 18.2 Å². The Kier molecular flexibility index (Phi) is 10.7. The molecule has 0 aliphatic heterocycles. The Bertz CT molecular complexity index is 604. The number of carbonyl (C=O) groups is 3. The Hall–Kier alpha value is -2.62. The van der Waals surface area contributed by atoms with Crippen LogP contribution < -0.4 is 5.73 Å². The van der Waals surface area contributed by atoms with Crippen molar-refractivity contribution in [2.24, 2.45) is 0 Å². The maximum atomic E-state index is 11.6. The van der Waals surface area contributed by atoms with Crippen LogP contribution in [0.25, 0.3) is 0 Å². The number of aliphatic carboxylic acids is 1. The van der Waals surface area contributed by atoms with Crippen molar-refractivity contribution in [1.29, 1.82) is 0 Å². The fourth-order valence-corrected chi connectivity index (χ4v) is 1.55. The Morgan fingerprint density at radius 3 is 2.11 bits per heavy atom. The van der Waals surface area contributed by atoms with Crippen molar-refractivity contribution < 1.29 is 47.9 Å². The van der Waals surface area contributed by atoms with Crippen LogP contribution in [-0.4, -0.2) is 41.3 Å². The van der Waals surface area contributed by atoms with E-state index in [9.17, 15) is 22.8 Å². The lowest BCUT2D eigenvalue weighted by Crippen LogP contribution is -2.65. The maximum Gasteiger partial charge on any atom is 0.490 e. The number of carboxylic acids is 1. The molecule has 0 bridgehead atoms. The normalized spacial score (nSPS) is 11.8. The number of esters is 2. The molecule has 1 atom stereocenters. The minimum absolute atomic E-state index is 0.161. The minimum atomic E-state index is -5.08. The molecule has 0 fully saturated rings. The molecule has 0 saturated heterocycles. The highest BCUT2D eigenvalue weighted by Gasteiger charge is 2.38. The summed E-state index contributed by atoms with van der Waals surface area (Å²) in [6, 6.07) is 8.91. The lowest BCUT2D eigenvalue weighted by Gasteiger charge is -2.11. The van der Waals surface area contributed by atoms with Crippen LogP contribution in [-0.2, 0) is 30.5 Å². The van der Waals surface area contributed by atoms with Gasteiger partial charge < -0.3 is 20.3 Å². The summed E-state index contributed by atoms with van der Waals surface area (Å²) in [5.41, 5.74) is 4.64. The molecule has 152 valence electrons. The number of hydrogen-bond donors (Lipinski definition) is 2. The van der Waals surface area contributed by atoms with Crippen molar-refractivity contribution >= 4 is 17.9 Å². The molecule has 0 amide bonds. The van der Waals surface area contributed by atoms with Crippen molar-refractivity contribution in [1.82, 2.24) is 0 Å². The summed E-state index contributed by atoms with van der Waals surface area (Å²) in [6.07, 6.45) is -4.76. The molecule has 1 aromatic rings. The van der Waals surface area contributed by atoms with Crippen molar-refractivity contribution in [3.63, 3.8) is 0 Å². The third kappa shape index (κ3) is 12.4. The molecule has 0 saturated carbocycles. The Balaban J connectivity index is 0.000000821. The highest BCUT2D eigenvalue weighted by molar-refractivity contribution is 5.76. The van der Waals surface area contributed by atoms with Crippen LogP contribution in [0.15, 0.2) is 30.3 Å². The lowest BCUT2D eigenvalue weighted by atomic mass is 10.1. The van der Waals surface area contributed by atoms with Crippen LogP contribution in [0.3, 0.4) is 0 Å². The molecule has 0 radical (unpaired) electrons. The summed E-state index contributed by atoms with van der Waals surface area (Å²) in [6.45, 7) is 3.80. The van der Waals surface area contributed by atoms with Crippen molar-refractivity contribution in [3.05, 3.63) is 35.9 Å². The van der Waals surface area contributed by atoms with Gasteiger partial charge in [0.2, 0.25) is 0 Å². The molecule has 0 heterocycles. The first-order chi connectivity index (χ1) is 12.4. The van der Waals surface area contributed by atoms with E-state index >= 15 is 0 Å². The highest BCUT2D eigenvalue weighted by Crippen LogP contribution is 2.13. The minimum Gasteiger partial charge on any atom is -0.475 e. The zero-order valence-corrected chi connectivity index (χ0v) is 15.0. The number of ether oxygens (including phenoxy) is 2. The van der Waals surface area contributed by atoms with Crippen LogP contribution >= 0.6 is 0 Å². The van der Waals surface area contributed by atoms with Gasteiger partial charge in [-0.15, -0.1) is 0 Å². The van der Waals surface area contributed by atoms with Crippen LogP contribution in [0.2, 0.25) is 0 Å². The second-order valence-corrected chi connectivity index (χ2v) is 5.67. The fourth-order valence-electron chi connectivity index (χ4n) is 1.55. The second kappa shape index (κ2) is 11.9. The molecule has 10 heteroatoms. The average Bonchev–Trinajstić information content (AvgIpc) is 2.57. The molecule has 4 N–H and O–H groups in total. The Morgan fingerprint density at radius 1 is 1.15 bits per heavy atom. The molecule has 0 aliphatic rings. The molecular formula is C17H23F3NO6+. The topological polar surface area (TPSA) is 118 Å². The standard InChI is InChI=1S/C15H21NO4.C2HF3O2/c1-11(2)20-15(18)13(16)8-9-14(17)19-10-12-6-4-3-5-7-12;3-2(4,5)1(6)7/h3-7,11,13H,8-10,16H2,1-2H3;(H,6,7)/p+1/t13-;/m0./s1. The maximum absolute atomic E-state index is 11.6. The number of carbonyl (C=O) groups excluding carboxylic acids is 2. The zero-order valence-electron chi connectivity index (χ0n) is 15.0. The van der Waals surface area contributed by atoms with Crippen molar-refractivity contribution in [2.45, 2.75) is 51.6 Å². The predicted octanol–water partition coefficient (Wildman–Crippen LogP) is 1.71. The van der Waals surface area contributed by atoms with E-state index in [1.807, 2.05) is 30.3 Å². The molecule has 1 aromatic carbocycles. The van der Waals surface area contributed by atoms with Crippen LogP contribution in [0, 0.1) is 0 Å². The number of carboxylic acid groups (broad SMARTS) is 1. The third-order valence-corrected chi connectivity index (χ3v) is 2.87. The highest BCUT2D eigenvalue weighted by atomic mass is 19.4. The van der Waals surface area contributed by atoms with Crippen molar-refractivity contribution in [3.8, 4) is 0 Å². The summed E-state index contributed by atoms with van der Waals surface area (Å²) in [5.74, 6) is -3.47. The van der Waals surface area contributed by atoms with Crippen LogP contribution in [0.5, 0.6) is 0 Å². The van der Waals surface area contributed by atoms with Gasteiger partial charge in [0.1, 0.15) is 6.61 Å². The van der Waals surface area contributed by atoms with Gasteiger partial charge in [0.15, 0.2) is 6.04 Å². The molecular weight excluding hydrogens is 371 g/mol. The van der Waals surface area contributed by atoms with Gasteiger partial charge >= 0.3 is 24.1 Å². The average molecular weight is 394 g/mol. The van der Waals surface area contributed by atoms with E-state index in [1.165, 1.54) is 0 Å². The van der Waals surface area contributed by atoms with E-state index in [-0.39, 0.29) is 31.1 Å². The first-order valence-electron chi connectivity index (χ1n) is 7.96. The van der Waals surface area contributed by atoms with E-state index in [1.54, 1.807) is 13.8 Å². The predicted molar refractivity (Wildman–Crippen MR) is 87.1 cm³/mol. The smallest absolute Gasteiger partial charge is 0.475 e. The summed E-state index contributed by atoms with van der Waals surface area (Å²) >= 11 is 0. The van der Waals surface area contributed by atoms with Gasteiger partial charge in [-0.3, -0.25) is 4.79 Å². The number of hydrogen-bond acceptors (Lipinski definition) is 5. The quantitative estimate of drug-likeness (QED) is 0.680. The van der Waals surface area contributed by atoms with E-state index in [0.717, 1.165) is 5.56 Å². The SMILES string of the molecule is CC(C)OC(=O)[C@@H]([NH3+])CCC(=O)OCc1ccccc1.O=C(O)C(F)(F)F. The monoisotopic (exact) mass is 394 g/mol. The van der Waals surface area contributed by atoms with E-state index in [2.05, 4.69) is 5.73 Å². The van der Waals surface area contributed by atoms with Crippen LogP contribution in [0.1, 0.15) is 32.3 Å². The Labute approximate surface area is 154 Å². The van der Waals surface area contributed by atoms with Gasteiger partial charge in [-0.25, -0.2) is 9.59 Å². The Morgan fingerprint density at radius 2 is 1.67 bits per heavy atom. The third-order valence-electron chi connectivity index (χ3n) is 2.87. The molecule has 1 rings (SSSR count). The van der Waals surface area contributed by atoms with Crippen molar-refractivity contribution in [2.75, 3.05) is 0 Å². The number of halogens is 3. The zero-order chi connectivity index (χ0) is 21.0. The molecule has 0 spiro atoms. The fraction of sp³-hybridized carbons (Fsp3) is 0.471. The summed E-state index contributed by atoms with van der Waals surface area (Å²) < 4.78 is 41.9. The van der Waals surface area contributed by atoms with Gasteiger partial charge in [0.25, 0.3) is 0 Å². The first kappa shape index (κ1) is 24.4. The van der Waals surface area contributed by atoms with Gasteiger partial charge in [0.05, 0.1) is 12.5 Å². The number of rotatable bonds is 7. The summed E-state index contributed by atoms with van der Waals surface area (Å²) in [5, 5.41) is 7.12. The van der Waals surface area contributed by atoms with Gasteiger partial charge in [-0.2, -0.15) is 13.2 Å². The van der Waals surface area contributed by atoms with Gasteiger partial charge in [0, 0.05) is 6.42 Å². The first-order valence-corrected chi connectivity index (χ1v) is 7.96. The van der Waals surface area contributed by atoms with E-state index in [4.69, 9.17) is 19.4 Å². The molecule has 0 unspecified atom stereocenters. The number of quaternary nitrogens is 1. The molecule has 0 aliphatic carbocycles. The number of alkyl halides is 3. The van der Waals surface area contributed by atoms with E-state index in [0.29, 0.717) is 6.42 Å². The van der Waals surface area contributed by atoms with Crippen LogP contribution in [0.4, 0.5) is 13.2 Å². The largest absolute Gasteiger partial charge is 0.490 e. The molecule has 7 nitrogen and oxygen atoms in total. The summed E-state index contributed by atoms with van der Waals surface area (Å²) in [4.78, 5) is 32.0. The van der Waals surface area contributed by atoms with Gasteiger partial charge in [-0.05, 0) is 19.4 Å². The lowest BCUT2D eigenvalue weighted by molar-refractivity contribution is -0.410.